The fourth-order valence-corrected chi connectivity index (χ4v) is 4.69. The molecule has 0 aliphatic carbocycles. The van der Waals surface area contributed by atoms with Crippen molar-refractivity contribution in [3.05, 3.63) is 80.4 Å². The summed E-state index contributed by atoms with van der Waals surface area (Å²) in [6, 6.07) is 9.78. The van der Waals surface area contributed by atoms with E-state index < -0.39 is 9.85 Å². The Balaban J connectivity index is 0.000000177. The molecule has 0 bridgehead atoms. The van der Waals surface area contributed by atoms with Gasteiger partial charge in [-0.1, -0.05) is 11.6 Å². The van der Waals surface area contributed by atoms with Gasteiger partial charge in [0.15, 0.2) is 0 Å². The Morgan fingerprint density at radius 1 is 0.638 bits per heavy atom. The zero-order valence-electron chi connectivity index (χ0n) is 27.2. The minimum absolute atomic E-state index is 0.0397. The van der Waals surface area contributed by atoms with Gasteiger partial charge >= 0.3 is 0 Å². The first-order chi connectivity index (χ1) is 22.5. The number of nitro groups is 2. The van der Waals surface area contributed by atoms with E-state index in [4.69, 9.17) is 17.3 Å². The number of hydrogen-bond acceptors (Lipinski definition) is 14. The topological polar surface area (TPSA) is 179 Å². The minimum atomic E-state index is -0.524. The predicted molar refractivity (Wildman–Crippen MR) is 185 cm³/mol. The molecular formula is C30H45ClN12O4. The van der Waals surface area contributed by atoms with Gasteiger partial charge in [0.1, 0.15) is 29.2 Å². The van der Waals surface area contributed by atoms with Gasteiger partial charge in [0.05, 0.1) is 21.7 Å². The molecule has 6 heterocycles. The summed E-state index contributed by atoms with van der Waals surface area (Å²) in [4.78, 5) is 42.8. The highest BCUT2D eigenvalue weighted by atomic mass is 35.5. The van der Waals surface area contributed by atoms with Crippen LogP contribution in [-0.2, 0) is 0 Å². The molecule has 0 saturated carbocycles. The number of halogens is 1. The van der Waals surface area contributed by atoms with Crippen molar-refractivity contribution >= 4 is 40.3 Å². The van der Waals surface area contributed by atoms with Crippen molar-refractivity contribution in [3.63, 3.8) is 0 Å². The number of nitrogens with two attached hydrogens (primary N) is 1. The molecule has 16 nitrogen and oxygen atoms in total. The highest BCUT2D eigenvalue weighted by molar-refractivity contribution is 6.29. The standard InChI is InChI=1S/C10H14N4O2.C10H16N4.C5H3ClN2O2.C5H12N2/c1-12-4-6-13(7-5-12)10-3-2-9(8-11-10)14(15)16;1-13-4-6-14(7-5-13)10-3-2-9(11)8-12-10;6-5-2-1-4(3-7-5)8(9)10;1-7-4-2-6-3-5-7/h2-3,8H,4-7H2,1H3;2-3,8H,4-7,11H2,1H3;1-3H;6H,2-5H2,1H3. The number of hydrogen-bond donors (Lipinski definition) is 2. The summed E-state index contributed by atoms with van der Waals surface area (Å²) in [5, 5.41) is 24.0. The molecule has 3 N–H and O–H groups in total. The number of anilines is 3. The maximum Gasteiger partial charge on any atom is 0.287 e. The fourth-order valence-electron chi connectivity index (χ4n) is 4.58. The van der Waals surface area contributed by atoms with Crippen LogP contribution in [0.15, 0.2) is 55.0 Å². The first kappa shape index (κ1) is 37.2. The van der Waals surface area contributed by atoms with Crippen LogP contribution in [0.25, 0.3) is 0 Å². The van der Waals surface area contributed by atoms with E-state index in [0.29, 0.717) is 0 Å². The van der Waals surface area contributed by atoms with Crippen LogP contribution in [0.5, 0.6) is 0 Å². The van der Waals surface area contributed by atoms with E-state index in [1.165, 1.54) is 37.5 Å². The van der Waals surface area contributed by atoms with Crippen molar-refractivity contribution in [2.75, 3.05) is 115 Å². The Bertz CT molecular complexity index is 1350. The number of pyridine rings is 3. The summed E-state index contributed by atoms with van der Waals surface area (Å²) in [6.45, 7) is 12.9. The molecule has 47 heavy (non-hydrogen) atoms. The molecule has 3 aromatic rings. The van der Waals surface area contributed by atoms with Gasteiger partial charge in [-0.2, -0.15) is 0 Å². The quantitative estimate of drug-likeness (QED) is 0.234. The fraction of sp³-hybridized carbons (Fsp3) is 0.500. The Labute approximate surface area is 280 Å². The second-order valence-corrected chi connectivity index (χ2v) is 11.7. The van der Waals surface area contributed by atoms with Gasteiger partial charge in [0, 0.05) is 90.7 Å². The molecule has 3 aromatic heterocycles. The molecule has 0 amide bonds. The molecule has 3 fully saturated rings. The molecule has 256 valence electrons. The molecule has 0 spiro atoms. The minimum Gasteiger partial charge on any atom is -0.397 e. The lowest BCUT2D eigenvalue weighted by Gasteiger charge is -2.33. The van der Waals surface area contributed by atoms with Crippen LogP contribution >= 0.6 is 11.6 Å². The zero-order valence-corrected chi connectivity index (χ0v) is 28.0. The van der Waals surface area contributed by atoms with E-state index in [1.807, 2.05) is 12.1 Å². The molecule has 3 aliphatic heterocycles. The Morgan fingerprint density at radius 2 is 1.06 bits per heavy atom. The molecule has 0 radical (unpaired) electrons. The summed E-state index contributed by atoms with van der Waals surface area (Å²) in [6.07, 6.45) is 4.14. The maximum atomic E-state index is 10.5. The number of nitrogens with one attached hydrogen (secondary N) is 1. The lowest BCUT2D eigenvalue weighted by Crippen LogP contribution is -2.44. The predicted octanol–water partition coefficient (Wildman–Crippen LogP) is 2.32. The summed E-state index contributed by atoms with van der Waals surface area (Å²) in [5.41, 5.74) is 6.30. The zero-order chi connectivity index (χ0) is 34.2. The van der Waals surface area contributed by atoms with E-state index >= 15 is 0 Å². The Morgan fingerprint density at radius 3 is 1.40 bits per heavy atom. The summed E-state index contributed by atoms with van der Waals surface area (Å²) in [5.74, 6) is 1.85. The lowest BCUT2D eigenvalue weighted by atomic mass is 10.3. The number of piperazine rings is 3. The van der Waals surface area contributed by atoms with Crippen molar-refractivity contribution in [1.29, 1.82) is 0 Å². The van der Waals surface area contributed by atoms with Crippen molar-refractivity contribution in [3.8, 4) is 0 Å². The van der Waals surface area contributed by atoms with E-state index in [1.54, 1.807) is 12.3 Å². The average molecular weight is 673 g/mol. The summed E-state index contributed by atoms with van der Waals surface area (Å²) < 4.78 is 0. The van der Waals surface area contributed by atoms with Crippen LogP contribution in [0.2, 0.25) is 5.15 Å². The van der Waals surface area contributed by atoms with Gasteiger partial charge in [-0.3, -0.25) is 20.2 Å². The summed E-state index contributed by atoms with van der Waals surface area (Å²) in [7, 11) is 6.38. The van der Waals surface area contributed by atoms with Crippen LogP contribution < -0.4 is 20.9 Å². The first-order valence-electron chi connectivity index (χ1n) is 15.4. The third-order valence-corrected chi connectivity index (χ3v) is 7.86. The van der Waals surface area contributed by atoms with E-state index in [9.17, 15) is 20.2 Å². The Hall–Kier alpha value is -4.22. The molecular weight excluding hydrogens is 628 g/mol. The van der Waals surface area contributed by atoms with Crippen molar-refractivity contribution in [2.24, 2.45) is 0 Å². The van der Waals surface area contributed by atoms with E-state index in [0.717, 1.165) is 89.0 Å². The first-order valence-corrected chi connectivity index (χ1v) is 15.7. The SMILES string of the molecule is CN1CCN(c2ccc(N)cn2)CC1.CN1CCN(c2ccc([N+](=O)[O-])cn2)CC1.CN1CCNCC1.O=[N+]([O-])c1ccc(Cl)nc1. The molecule has 6 rings (SSSR count). The van der Waals surface area contributed by atoms with Crippen molar-refractivity contribution < 1.29 is 9.85 Å². The van der Waals surface area contributed by atoms with Gasteiger partial charge in [-0.15, -0.1) is 0 Å². The largest absolute Gasteiger partial charge is 0.397 e. The highest BCUT2D eigenvalue weighted by Crippen LogP contribution is 2.17. The number of nitrogen functional groups attached to an aromatic ring is 1. The third-order valence-electron chi connectivity index (χ3n) is 7.63. The molecule has 3 aliphatic rings. The lowest BCUT2D eigenvalue weighted by molar-refractivity contribution is -0.385. The van der Waals surface area contributed by atoms with Crippen LogP contribution in [0, 0.1) is 20.2 Å². The normalized spacial score (nSPS) is 17.2. The average Bonchev–Trinajstić information content (AvgIpc) is 3.07. The monoisotopic (exact) mass is 672 g/mol. The van der Waals surface area contributed by atoms with Gasteiger partial charge in [0.25, 0.3) is 11.4 Å². The smallest absolute Gasteiger partial charge is 0.287 e. The van der Waals surface area contributed by atoms with Crippen molar-refractivity contribution in [2.45, 2.75) is 0 Å². The second-order valence-electron chi connectivity index (χ2n) is 11.3. The molecule has 0 aromatic carbocycles. The number of rotatable bonds is 4. The van der Waals surface area contributed by atoms with E-state index in [-0.39, 0.29) is 16.5 Å². The van der Waals surface area contributed by atoms with Crippen LogP contribution in [0.4, 0.5) is 28.7 Å². The van der Waals surface area contributed by atoms with Gasteiger partial charge < -0.3 is 35.6 Å². The third kappa shape index (κ3) is 13.6. The van der Waals surface area contributed by atoms with E-state index in [2.05, 4.69) is 65.9 Å². The number of aromatic nitrogens is 3. The van der Waals surface area contributed by atoms with Gasteiger partial charge in [-0.25, -0.2) is 15.0 Å². The maximum absolute atomic E-state index is 10.5. The summed E-state index contributed by atoms with van der Waals surface area (Å²) >= 11 is 5.38. The number of likely N-dealkylation sites (N-methyl/N-ethyl adjacent to an activating group) is 3. The van der Waals surface area contributed by atoms with Crippen LogP contribution in [0.1, 0.15) is 0 Å². The Kier molecular flexibility index (Phi) is 15.4. The molecule has 17 heteroatoms. The second kappa shape index (κ2) is 19.4. The van der Waals surface area contributed by atoms with Gasteiger partial charge in [0.2, 0.25) is 0 Å². The van der Waals surface area contributed by atoms with Crippen LogP contribution in [0.3, 0.4) is 0 Å². The number of nitrogens with zero attached hydrogens (tertiary/aromatic N) is 10. The van der Waals surface area contributed by atoms with Gasteiger partial charge in [-0.05, 0) is 45.4 Å². The van der Waals surface area contributed by atoms with Crippen molar-refractivity contribution in [1.82, 2.24) is 35.0 Å². The highest BCUT2D eigenvalue weighted by Gasteiger charge is 2.16. The molecule has 0 unspecified atom stereocenters. The van der Waals surface area contributed by atoms with Crippen LogP contribution in [-0.4, -0.2) is 139 Å². The molecule has 0 atom stereocenters. The molecule has 3 saturated heterocycles.